The molecule has 1 aromatic heterocycles. The van der Waals surface area contributed by atoms with Crippen LogP contribution in [-0.2, 0) is 4.79 Å². The number of nitrogens with zero attached hydrogens (tertiary/aromatic N) is 3. The Balaban J connectivity index is 2.08. The monoisotopic (exact) mass is 434 g/mol. The molecule has 0 unspecified atom stereocenters. The van der Waals surface area contributed by atoms with Crippen LogP contribution in [-0.4, -0.2) is 55.7 Å². The number of benzene rings is 1. The fourth-order valence-electron chi connectivity index (χ4n) is 1.95. The molecule has 142 valence electrons. The van der Waals surface area contributed by atoms with E-state index in [2.05, 4.69) is 31.4 Å². The van der Waals surface area contributed by atoms with E-state index in [1.165, 1.54) is 30.6 Å². The summed E-state index contributed by atoms with van der Waals surface area (Å²) in [6.45, 7) is -0.114. The molecule has 1 N–H and O–H groups in total. The van der Waals surface area contributed by atoms with Crippen LogP contribution in [0.4, 0.5) is 0 Å². The third-order valence-electron chi connectivity index (χ3n) is 3.41. The Morgan fingerprint density at radius 1 is 1.30 bits per heavy atom. The van der Waals surface area contributed by atoms with Gasteiger partial charge in [0.25, 0.3) is 11.8 Å². The topological polar surface area (TPSA) is 93.1 Å². The first-order valence-electron chi connectivity index (χ1n) is 7.86. The van der Waals surface area contributed by atoms with Crippen LogP contribution in [0.3, 0.4) is 0 Å². The summed E-state index contributed by atoms with van der Waals surface area (Å²) in [6.07, 6.45) is 4.53. The molecule has 9 heteroatoms. The van der Waals surface area contributed by atoms with E-state index >= 15 is 0 Å². The highest BCUT2D eigenvalue weighted by molar-refractivity contribution is 9.10. The highest BCUT2D eigenvalue weighted by Gasteiger charge is 2.14. The fraction of sp³-hybridized carbons (Fsp3) is 0.222. The van der Waals surface area contributed by atoms with E-state index in [1.807, 2.05) is 0 Å². The molecule has 2 aromatic rings. The lowest BCUT2D eigenvalue weighted by atomic mass is 10.2. The summed E-state index contributed by atoms with van der Waals surface area (Å²) in [6, 6.07) is 6.60. The van der Waals surface area contributed by atoms with E-state index in [-0.39, 0.29) is 18.4 Å². The van der Waals surface area contributed by atoms with Crippen molar-refractivity contribution in [1.29, 1.82) is 0 Å². The number of amides is 2. The largest absolute Gasteiger partial charge is 0.493 e. The number of nitrogens with one attached hydrogen (secondary N) is 1. The zero-order chi connectivity index (χ0) is 19.8. The van der Waals surface area contributed by atoms with Crippen molar-refractivity contribution in [3.05, 3.63) is 52.3 Å². The van der Waals surface area contributed by atoms with Crippen LogP contribution in [0.15, 0.2) is 46.2 Å². The van der Waals surface area contributed by atoms with Gasteiger partial charge in [-0.3, -0.25) is 14.6 Å². The minimum absolute atomic E-state index is 0.114. The minimum Gasteiger partial charge on any atom is -0.493 e. The van der Waals surface area contributed by atoms with Gasteiger partial charge >= 0.3 is 0 Å². The lowest BCUT2D eigenvalue weighted by Gasteiger charge is -2.15. The Kier molecular flexibility index (Phi) is 7.30. The predicted octanol–water partition coefficient (Wildman–Crippen LogP) is 2.08. The maximum atomic E-state index is 11.9. The van der Waals surface area contributed by atoms with Crippen molar-refractivity contribution in [2.75, 3.05) is 27.8 Å². The van der Waals surface area contributed by atoms with Gasteiger partial charge in [0.2, 0.25) is 0 Å². The molecule has 27 heavy (non-hydrogen) atoms. The molecule has 0 spiro atoms. The van der Waals surface area contributed by atoms with Crippen LogP contribution >= 0.6 is 15.9 Å². The van der Waals surface area contributed by atoms with Gasteiger partial charge in [-0.05, 0) is 45.8 Å². The van der Waals surface area contributed by atoms with Crippen molar-refractivity contribution in [2.24, 2.45) is 5.10 Å². The summed E-state index contributed by atoms with van der Waals surface area (Å²) in [5.74, 6) is 0.318. The second-order valence-corrected chi connectivity index (χ2v) is 6.40. The van der Waals surface area contributed by atoms with Crippen LogP contribution in [0.2, 0.25) is 0 Å². The Bertz CT molecular complexity index is 841. The zero-order valence-electron chi connectivity index (χ0n) is 15.1. The van der Waals surface area contributed by atoms with Crippen molar-refractivity contribution >= 4 is 34.0 Å². The van der Waals surface area contributed by atoms with Crippen LogP contribution in [0.25, 0.3) is 0 Å². The van der Waals surface area contributed by atoms with Gasteiger partial charge in [-0.1, -0.05) is 0 Å². The fourth-order valence-corrected chi connectivity index (χ4v) is 2.52. The maximum Gasteiger partial charge on any atom is 0.271 e. The van der Waals surface area contributed by atoms with Crippen LogP contribution < -0.4 is 14.9 Å². The molecular weight excluding hydrogens is 416 g/mol. The number of likely N-dealkylation sites (N-methyl/N-ethyl adjacent to an activating group) is 1. The quantitative estimate of drug-likeness (QED) is 0.531. The molecule has 0 aliphatic carbocycles. The van der Waals surface area contributed by atoms with E-state index in [0.29, 0.717) is 27.1 Å². The molecule has 0 bridgehead atoms. The number of rotatable bonds is 7. The van der Waals surface area contributed by atoms with Gasteiger partial charge in [0.1, 0.15) is 0 Å². The lowest BCUT2D eigenvalue weighted by Crippen LogP contribution is -2.27. The van der Waals surface area contributed by atoms with Gasteiger partial charge in [-0.25, -0.2) is 5.43 Å². The summed E-state index contributed by atoms with van der Waals surface area (Å²) < 4.78 is 11.5. The standard InChI is InChI=1S/C18H19BrN4O4/c1-23(2)16(24)11-27-17-14(19)8-12(9-15(17)26-3)10-21-22-18(25)13-4-6-20-7-5-13/h4-10H,11H2,1-3H3,(H,22,25)/b21-10+. The lowest BCUT2D eigenvalue weighted by molar-refractivity contribution is -0.130. The SMILES string of the molecule is COc1cc(/C=N/NC(=O)c2ccncc2)cc(Br)c1OCC(=O)N(C)C. The van der Waals surface area contributed by atoms with Crippen molar-refractivity contribution < 1.29 is 19.1 Å². The van der Waals surface area contributed by atoms with Crippen molar-refractivity contribution in [3.8, 4) is 11.5 Å². The number of hydrogen-bond donors (Lipinski definition) is 1. The van der Waals surface area contributed by atoms with Crippen LogP contribution in [0.5, 0.6) is 11.5 Å². The molecule has 0 atom stereocenters. The third kappa shape index (κ3) is 5.78. The van der Waals surface area contributed by atoms with Crippen LogP contribution in [0.1, 0.15) is 15.9 Å². The van der Waals surface area contributed by atoms with Gasteiger partial charge < -0.3 is 14.4 Å². The molecule has 0 fully saturated rings. The van der Waals surface area contributed by atoms with Gasteiger partial charge in [0.15, 0.2) is 18.1 Å². The summed E-state index contributed by atoms with van der Waals surface area (Å²) in [4.78, 5) is 28.9. The molecule has 2 rings (SSSR count). The average Bonchev–Trinajstić information content (AvgIpc) is 2.66. The summed E-state index contributed by atoms with van der Waals surface area (Å²) >= 11 is 3.40. The molecule has 2 amide bonds. The summed E-state index contributed by atoms with van der Waals surface area (Å²) in [5.41, 5.74) is 3.56. The van der Waals surface area contributed by atoms with E-state index in [9.17, 15) is 9.59 Å². The number of pyridine rings is 1. The number of hydrazone groups is 1. The average molecular weight is 435 g/mol. The molecule has 0 radical (unpaired) electrons. The first kappa shape index (κ1) is 20.4. The van der Waals surface area contributed by atoms with E-state index in [0.717, 1.165) is 0 Å². The predicted molar refractivity (Wildman–Crippen MR) is 104 cm³/mol. The van der Waals surface area contributed by atoms with E-state index in [4.69, 9.17) is 9.47 Å². The highest BCUT2D eigenvalue weighted by atomic mass is 79.9. The molecular formula is C18H19BrN4O4. The maximum absolute atomic E-state index is 11.9. The number of carbonyl (C=O) groups is 2. The van der Waals surface area contributed by atoms with E-state index < -0.39 is 0 Å². The number of ether oxygens (including phenoxy) is 2. The normalized spacial score (nSPS) is 10.5. The van der Waals surface area contributed by atoms with Crippen molar-refractivity contribution in [2.45, 2.75) is 0 Å². The summed E-state index contributed by atoms with van der Waals surface area (Å²) in [5, 5.41) is 3.94. The molecule has 1 heterocycles. The first-order chi connectivity index (χ1) is 12.9. The Morgan fingerprint density at radius 2 is 2.00 bits per heavy atom. The smallest absolute Gasteiger partial charge is 0.271 e. The first-order valence-corrected chi connectivity index (χ1v) is 8.65. The highest BCUT2D eigenvalue weighted by Crippen LogP contribution is 2.36. The molecule has 0 saturated heterocycles. The molecule has 0 saturated carbocycles. The molecule has 8 nitrogen and oxygen atoms in total. The van der Waals surface area contributed by atoms with E-state index in [1.54, 1.807) is 38.4 Å². The molecule has 0 aliphatic heterocycles. The molecule has 0 aliphatic rings. The van der Waals surface area contributed by atoms with Gasteiger partial charge in [-0.2, -0.15) is 5.10 Å². The van der Waals surface area contributed by atoms with Gasteiger partial charge in [0.05, 0.1) is 17.8 Å². The number of aromatic nitrogens is 1. The second-order valence-electron chi connectivity index (χ2n) is 5.55. The molecule has 1 aromatic carbocycles. The Labute approximate surface area is 165 Å². The minimum atomic E-state index is -0.346. The third-order valence-corrected chi connectivity index (χ3v) is 4.00. The van der Waals surface area contributed by atoms with Gasteiger partial charge in [-0.15, -0.1) is 0 Å². The Morgan fingerprint density at radius 3 is 2.63 bits per heavy atom. The number of hydrogen-bond acceptors (Lipinski definition) is 6. The van der Waals surface area contributed by atoms with Crippen molar-refractivity contribution in [3.63, 3.8) is 0 Å². The van der Waals surface area contributed by atoms with Crippen molar-refractivity contribution in [1.82, 2.24) is 15.3 Å². The second kappa shape index (κ2) is 9.67. The number of halogens is 1. The Hall–Kier alpha value is -2.94. The zero-order valence-corrected chi connectivity index (χ0v) is 16.7. The summed E-state index contributed by atoms with van der Waals surface area (Å²) in [7, 11) is 4.80. The van der Waals surface area contributed by atoms with Crippen LogP contribution in [0, 0.1) is 0 Å². The van der Waals surface area contributed by atoms with Gasteiger partial charge in [0, 0.05) is 32.1 Å². The number of carbonyl (C=O) groups excluding carboxylic acids is 2. The number of methoxy groups -OCH3 is 1.